The van der Waals surface area contributed by atoms with Crippen LogP contribution in [0.1, 0.15) is 37.3 Å². The molecule has 1 aliphatic rings. The highest BCUT2D eigenvalue weighted by Crippen LogP contribution is 2.37. The van der Waals surface area contributed by atoms with Crippen LogP contribution in [0.25, 0.3) is 0 Å². The molecule has 0 spiro atoms. The van der Waals surface area contributed by atoms with Gasteiger partial charge in [-0.25, -0.2) is 0 Å². The van der Waals surface area contributed by atoms with Gasteiger partial charge in [-0.15, -0.1) is 0 Å². The molecule has 2 rings (SSSR count). The van der Waals surface area contributed by atoms with Gasteiger partial charge in [0.1, 0.15) is 5.78 Å². The maximum atomic E-state index is 11.8. The number of carbonyl (C=O) groups is 1. The van der Waals surface area contributed by atoms with Crippen LogP contribution in [-0.4, -0.2) is 5.78 Å². The molecular weight excluding hydrogens is 184 g/mol. The van der Waals surface area contributed by atoms with Crippen molar-refractivity contribution in [2.75, 3.05) is 0 Å². The Morgan fingerprint density at radius 2 is 2.20 bits per heavy atom. The van der Waals surface area contributed by atoms with E-state index < -0.39 is 0 Å². The minimum absolute atomic E-state index is 0.0895. The Bertz CT molecular complexity index is 381. The SMILES string of the molecule is Cc1cccc(C[C@]2(C)CCCC2=O)c1. The predicted octanol–water partition coefficient (Wildman–Crippen LogP) is 3.30. The summed E-state index contributed by atoms with van der Waals surface area (Å²) in [6.07, 6.45) is 3.82. The lowest BCUT2D eigenvalue weighted by Crippen LogP contribution is -2.24. The molecule has 80 valence electrons. The number of aryl methyl sites for hydroxylation is 1. The molecule has 0 aromatic heterocycles. The minimum Gasteiger partial charge on any atom is -0.299 e. The monoisotopic (exact) mass is 202 g/mol. The summed E-state index contributed by atoms with van der Waals surface area (Å²) in [6, 6.07) is 8.50. The smallest absolute Gasteiger partial charge is 0.139 e. The van der Waals surface area contributed by atoms with Crippen LogP contribution < -0.4 is 0 Å². The Labute approximate surface area is 91.5 Å². The van der Waals surface area contributed by atoms with E-state index in [1.165, 1.54) is 11.1 Å². The molecule has 0 radical (unpaired) electrons. The van der Waals surface area contributed by atoms with Gasteiger partial charge in [0, 0.05) is 11.8 Å². The third-order valence-corrected chi connectivity index (χ3v) is 3.48. The molecule has 0 saturated heterocycles. The quantitative estimate of drug-likeness (QED) is 0.719. The second-order valence-electron chi connectivity index (χ2n) is 5.00. The van der Waals surface area contributed by atoms with Crippen molar-refractivity contribution in [2.24, 2.45) is 5.41 Å². The number of benzene rings is 1. The second-order valence-corrected chi connectivity index (χ2v) is 5.00. The lowest BCUT2D eigenvalue weighted by Gasteiger charge is -2.21. The third-order valence-electron chi connectivity index (χ3n) is 3.48. The minimum atomic E-state index is -0.0895. The van der Waals surface area contributed by atoms with Crippen molar-refractivity contribution >= 4 is 5.78 Å². The van der Waals surface area contributed by atoms with Gasteiger partial charge in [-0.3, -0.25) is 4.79 Å². The molecule has 1 fully saturated rings. The first-order chi connectivity index (χ1) is 7.10. The lowest BCUT2D eigenvalue weighted by atomic mass is 9.81. The van der Waals surface area contributed by atoms with E-state index in [9.17, 15) is 4.79 Å². The summed E-state index contributed by atoms with van der Waals surface area (Å²) in [5.74, 6) is 0.448. The van der Waals surface area contributed by atoms with Gasteiger partial charge >= 0.3 is 0 Å². The van der Waals surface area contributed by atoms with Gasteiger partial charge in [-0.05, 0) is 31.7 Å². The van der Waals surface area contributed by atoms with E-state index >= 15 is 0 Å². The number of Topliss-reactive ketones (excluding diaryl/α,β-unsaturated/α-hetero) is 1. The third kappa shape index (κ3) is 2.11. The largest absolute Gasteiger partial charge is 0.299 e. The molecule has 1 aromatic carbocycles. The molecular formula is C14H18O. The van der Waals surface area contributed by atoms with Gasteiger partial charge in [0.05, 0.1) is 0 Å². The van der Waals surface area contributed by atoms with E-state index in [4.69, 9.17) is 0 Å². The molecule has 0 bridgehead atoms. The zero-order valence-corrected chi connectivity index (χ0v) is 9.55. The normalized spacial score (nSPS) is 25.9. The van der Waals surface area contributed by atoms with Gasteiger partial charge in [0.25, 0.3) is 0 Å². The average molecular weight is 202 g/mol. The van der Waals surface area contributed by atoms with Crippen LogP contribution >= 0.6 is 0 Å². The van der Waals surface area contributed by atoms with Crippen molar-refractivity contribution in [3.05, 3.63) is 35.4 Å². The fourth-order valence-electron chi connectivity index (χ4n) is 2.54. The molecule has 1 heteroatoms. The van der Waals surface area contributed by atoms with Crippen LogP contribution in [0.5, 0.6) is 0 Å². The summed E-state index contributed by atoms with van der Waals surface area (Å²) in [5, 5.41) is 0. The van der Waals surface area contributed by atoms with Crippen molar-refractivity contribution in [2.45, 2.75) is 39.5 Å². The number of carbonyl (C=O) groups excluding carboxylic acids is 1. The Balaban J connectivity index is 2.18. The zero-order valence-electron chi connectivity index (χ0n) is 9.55. The summed E-state index contributed by atoms with van der Waals surface area (Å²) in [4.78, 5) is 11.8. The van der Waals surface area contributed by atoms with Gasteiger partial charge in [-0.1, -0.05) is 36.8 Å². The van der Waals surface area contributed by atoms with Crippen molar-refractivity contribution < 1.29 is 4.79 Å². The highest BCUT2D eigenvalue weighted by molar-refractivity contribution is 5.86. The number of hydrogen-bond donors (Lipinski definition) is 0. The molecule has 0 unspecified atom stereocenters. The first kappa shape index (κ1) is 10.4. The molecule has 1 aromatic rings. The van der Waals surface area contributed by atoms with Gasteiger partial charge in [-0.2, -0.15) is 0 Å². The van der Waals surface area contributed by atoms with E-state index in [-0.39, 0.29) is 5.41 Å². The molecule has 1 saturated carbocycles. The maximum Gasteiger partial charge on any atom is 0.139 e. The van der Waals surface area contributed by atoms with E-state index in [2.05, 4.69) is 38.1 Å². The summed E-state index contributed by atoms with van der Waals surface area (Å²) < 4.78 is 0. The van der Waals surface area contributed by atoms with Gasteiger partial charge < -0.3 is 0 Å². The van der Waals surface area contributed by atoms with Crippen molar-refractivity contribution in [1.82, 2.24) is 0 Å². The van der Waals surface area contributed by atoms with Gasteiger partial charge in [0.2, 0.25) is 0 Å². The summed E-state index contributed by atoms with van der Waals surface area (Å²) in [6.45, 7) is 4.22. The molecule has 0 aliphatic heterocycles. The van der Waals surface area contributed by atoms with Crippen LogP contribution in [0.4, 0.5) is 0 Å². The van der Waals surface area contributed by atoms with E-state index in [0.29, 0.717) is 5.78 Å². The zero-order chi connectivity index (χ0) is 10.9. The van der Waals surface area contributed by atoms with E-state index in [0.717, 1.165) is 25.7 Å². The molecule has 1 atom stereocenters. The molecule has 1 aliphatic carbocycles. The van der Waals surface area contributed by atoms with Crippen LogP contribution in [0.2, 0.25) is 0 Å². The fourth-order valence-corrected chi connectivity index (χ4v) is 2.54. The summed E-state index contributed by atoms with van der Waals surface area (Å²) in [5.41, 5.74) is 2.49. The standard InChI is InChI=1S/C14H18O/c1-11-5-3-6-12(9-11)10-14(2)8-4-7-13(14)15/h3,5-6,9H,4,7-8,10H2,1-2H3/t14-/m0/s1. The first-order valence-electron chi connectivity index (χ1n) is 5.69. The van der Waals surface area contributed by atoms with Crippen LogP contribution in [0.3, 0.4) is 0 Å². The highest BCUT2D eigenvalue weighted by atomic mass is 16.1. The summed E-state index contributed by atoms with van der Waals surface area (Å²) >= 11 is 0. The number of hydrogen-bond acceptors (Lipinski definition) is 1. The Kier molecular flexibility index (Phi) is 2.64. The van der Waals surface area contributed by atoms with Crippen LogP contribution in [0, 0.1) is 12.3 Å². The molecule has 0 amide bonds. The molecule has 15 heavy (non-hydrogen) atoms. The molecule has 0 N–H and O–H groups in total. The predicted molar refractivity (Wildman–Crippen MR) is 61.8 cm³/mol. The molecule has 0 heterocycles. The van der Waals surface area contributed by atoms with Crippen molar-refractivity contribution in [1.29, 1.82) is 0 Å². The fraction of sp³-hybridized carbons (Fsp3) is 0.500. The molecule has 1 nitrogen and oxygen atoms in total. The number of rotatable bonds is 2. The van der Waals surface area contributed by atoms with Crippen molar-refractivity contribution in [3.8, 4) is 0 Å². The number of ketones is 1. The average Bonchev–Trinajstić information content (AvgIpc) is 2.47. The van der Waals surface area contributed by atoms with E-state index in [1.54, 1.807) is 0 Å². The first-order valence-corrected chi connectivity index (χ1v) is 5.69. The van der Waals surface area contributed by atoms with Crippen LogP contribution in [-0.2, 0) is 11.2 Å². The van der Waals surface area contributed by atoms with E-state index in [1.807, 2.05) is 0 Å². The second kappa shape index (κ2) is 3.80. The van der Waals surface area contributed by atoms with Crippen LogP contribution in [0.15, 0.2) is 24.3 Å². The van der Waals surface area contributed by atoms with Gasteiger partial charge in [0.15, 0.2) is 0 Å². The Morgan fingerprint density at radius 3 is 2.80 bits per heavy atom. The lowest BCUT2D eigenvalue weighted by molar-refractivity contribution is -0.124. The van der Waals surface area contributed by atoms with Crippen molar-refractivity contribution in [3.63, 3.8) is 0 Å². The highest BCUT2D eigenvalue weighted by Gasteiger charge is 2.36. The summed E-state index contributed by atoms with van der Waals surface area (Å²) in [7, 11) is 0. The Morgan fingerprint density at radius 1 is 1.40 bits per heavy atom. The Hall–Kier alpha value is -1.11. The maximum absolute atomic E-state index is 11.8. The topological polar surface area (TPSA) is 17.1 Å².